The molecule has 1 aromatic heterocycles. The molecule has 0 bridgehead atoms. The summed E-state index contributed by atoms with van der Waals surface area (Å²) in [5, 5.41) is 26.3. The SMILES string of the molecule is Cc1oncc1/C(O)=C(\C#N)C(=O)Nc1ccc(Sc2ccc(Cl)cc2)cc1. The van der Waals surface area contributed by atoms with Crippen LogP contribution in [-0.4, -0.2) is 16.2 Å². The maximum atomic E-state index is 12.4. The molecule has 1 heterocycles. The van der Waals surface area contributed by atoms with Crippen LogP contribution in [0.4, 0.5) is 5.69 Å². The highest BCUT2D eigenvalue weighted by Crippen LogP contribution is 2.29. The molecule has 140 valence electrons. The molecule has 0 aliphatic carbocycles. The van der Waals surface area contributed by atoms with E-state index < -0.39 is 17.2 Å². The number of aromatic nitrogens is 1. The van der Waals surface area contributed by atoms with E-state index in [-0.39, 0.29) is 5.56 Å². The van der Waals surface area contributed by atoms with Crippen molar-refractivity contribution in [2.75, 3.05) is 5.32 Å². The van der Waals surface area contributed by atoms with Crippen molar-refractivity contribution in [3.05, 3.63) is 76.6 Å². The number of hydrogen-bond acceptors (Lipinski definition) is 6. The second-order valence-electron chi connectivity index (χ2n) is 5.67. The van der Waals surface area contributed by atoms with E-state index in [1.165, 1.54) is 6.20 Å². The average molecular weight is 412 g/mol. The summed E-state index contributed by atoms with van der Waals surface area (Å²) in [7, 11) is 0. The normalized spacial score (nSPS) is 11.5. The Morgan fingerprint density at radius 1 is 1.18 bits per heavy atom. The Kier molecular flexibility index (Phi) is 6.04. The summed E-state index contributed by atoms with van der Waals surface area (Å²) in [5.41, 5.74) is 0.264. The molecule has 2 aromatic carbocycles. The fraction of sp³-hybridized carbons (Fsp3) is 0.0500. The van der Waals surface area contributed by atoms with Crippen LogP contribution in [0, 0.1) is 18.3 Å². The zero-order chi connectivity index (χ0) is 20.1. The summed E-state index contributed by atoms with van der Waals surface area (Å²) >= 11 is 7.43. The minimum absolute atomic E-state index is 0.196. The number of aliphatic hydroxyl groups is 1. The summed E-state index contributed by atoms with van der Waals surface area (Å²) in [6.45, 7) is 1.57. The minimum atomic E-state index is -0.723. The minimum Gasteiger partial charge on any atom is -0.506 e. The smallest absolute Gasteiger partial charge is 0.270 e. The Morgan fingerprint density at radius 2 is 1.79 bits per heavy atom. The van der Waals surface area contributed by atoms with Crippen molar-refractivity contribution in [1.82, 2.24) is 5.16 Å². The predicted octanol–water partition coefficient (Wildman–Crippen LogP) is 5.22. The van der Waals surface area contributed by atoms with Crippen LogP contribution in [0.3, 0.4) is 0 Å². The number of nitriles is 1. The van der Waals surface area contributed by atoms with E-state index >= 15 is 0 Å². The summed E-state index contributed by atoms with van der Waals surface area (Å²) in [6, 6.07) is 16.3. The van der Waals surface area contributed by atoms with Crippen LogP contribution in [0.1, 0.15) is 11.3 Å². The third-order valence-electron chi connectivity index (χ3n) is 3.74. The van der Waals surface area contributed by atoms with Crippen LogP contribution in [-0.2, 0) is 4.79 Å². The molecule has 6 nitrogen and oxygen atoms in total. The van der Waals surface area contributed by atoms with Gasteiger partial charge >= 0.3 is 0 Å². The number of amides is 1. The number of nitrogens with zero attached hydrogens (tertiary/aromatic N) is 2. The largest absolute Gasteiger partial charge is 0.506 e. The molecule has 0 aliphatic rings. The lowest BCUT2D eigenvalue weighted by Crippen LogP contribution is -2.15. The van der Waals surface area contributed by atoms with Crippen molar-refractivity contribution < 1.29 is 14.4 Å². The van der Waals surface area contributed by atoms with Crippen LogP contribution in [0.2, 0.25) is 5.02 Å². The lowest BCUT2D eigenvalue weighted by molar-refractivity contribution is -0.112. The van der Waals surface area contributed by atoms with Gasteiger partial charge in [-0.3, -0.25) is 4.79 Å². The summed E-state index contributed by atoms with van der Waals surface area (Å²) in [6.07, 6.45) is 1.25. The van der Waals surface area contributed by atoms with Crippen LogP contribution in [0.5, 0.6) is 0 Å². The van der Waals surface area contributed by atoms with Gasteiger partial charge in [-0.1, -0.05) is 28.5 Å². The van der Waals surface area contributed by atoms with E-state index in [4.69, 9.17) is 16.1 Å². The number of benzene rings is 2. The van der Waals surface area contributed by atoms with E-state index in [0.29, 0.717) is 16.5 Å². The molecule has 0 saturated carbocycles. The maximum Gasteiger partial charge on any atom is 0.270 e. The van der Waals surface area contributed by atoms with Crippen LogP contribution < -0.4 is 5.32 Å². The van der Waals surface area contributed by atoms with E-state index in [9.17, 15) is 15.2 Å². The fourth-order valence-electron chi connectivity index (χ4n) is 2.31. The standard InChI is InChI=1S/C20H14ClN3O3S/c1-12-18(11-23-27-12)19(25)17(10-22)20(26)24-14-4-8-16(9-5-14)28-15-6-2-13(21)3-7-15/h2-9,11,25H,1H3,(H,24,26)/b19-17-. The third kappa shape index (κ3) is 4.55. The molecule has 0 unspecified atom stereocenters. The first-order valence-corrected chi connectivity index (χ1v) is 9.27. The maximum absolute atomic E-state index is 12.4. The van der Waals surface area contributed by atoms with E-state index in [1.54, 1.807) is 36.9 Å². The van der Waals surface area contributed by atoms with Gasteiger partial charge in [-0.15, -0.1) is 0 Å². The molecular formula is C20H14ClN3O3S. The third-order valence-corrected chi connectivity index (χ3v) is 5.01. The number of nitrogens with one attached hydrogen (secondary N) is 1. The van der Waals surface area contributed by atoms with Crippen molar-refractivity contribution in [3.63, 3.8) is 0 Å². The molecule has 3 aromatic rings. The lowest BCUT2D eigenvalue weighted by atomic mass is 10.1. The number of aryl methyl sites for hydroxylation is 1. The van der Waals surface area contributed by atoms with Gasteiger partial charge in [0.25, 0.3) is 5.91 Å². The zero-order valence-electron chi connectivity index (χ0n) is 14.6. The first kappa shape index (κ1) is 19.5. The molecule has 3 rings (SSSR count). The van der Waals surface area contributed by atoms with Gasteiger partial charge in [0.1, 0.15) is 11.8 Å². The molecular weight excluding hydrogens is 398 g/mol. The molecule has 0 radical (unpaired) electrons. The Balaban J connectivity index is 1.72. The lowest BCUT2D eigenvalue weighted by Gasteiger charge is -2.07. The first-order chi connectivity index (χ1) is 13.5. The first-order valence-electron chi connectivity index (χ1n) is 8.07. The number of rotatable bonds is 5. The topological polar surface area (TPSA) is 99.2 Å². The van der Waals surface area contributed by atoms with Gasteiger partial charge < -0.3 is 14.9 Å². The highest BCUT2D eigenvalue weighted by Gasteiger charge is 2.20. The van der Waals surface area contributed by atoms with E-state index in [1.807, 2.05) is 36.4 Å². The highest BCUT2D eigenvalue weighted by molar-refractivity contribution is 7.99. The van der Waals surface area contributed by atoms with Gasteiger partial charge in [-0.2, -0.15) is 5.26 Å². The van der Waals surface area contributed by atoms with E-state index in [0.717, 1.165) is 9.79 Å². The highest BCUT2D eigenvalue weighted by atomic mass is 35.5. The van der Waals surface area contributed by atoms with E-state index in [2.05, 4.69) is 10.5 Å². The molecule has 0 saturated heterocycles. The summed E-state index contributed by atoms with van der Waals surface area (Å²) in [5.74, 6) is -0.894. The summed E-state index contributed by atoms with van der Waals surface area (Å²) < 4.78 is 4.85. The Bertz CT molecular complexity index is 1070. The molecule has 0 fully saturated rings. The molecule has 1 amide bonds. The Morgan fingerprint density at radius 3 is 2.32 bits per heavy atom. The van der Waals surface area contributed by atoms with Gasteiger partial charge in [-0.05, 0) is 55.5 Å². The van der Waals surface area contributed by atoms with Crippen LogP contribution in [0.25, 0.3) is 5.76 Å². The Labute approximate surface area is 170 Å². The number of aliphatic hydroxyl groups excluding tert-OH is 1. The van der Waals surface area contributed by atoms with Crippen molar-refractivity contribution in [2.24, 2.45) is 0 Å². The summed E-state index contributed by atoms with van der Waals surface area (Å²) in [4.78, 5) is 14.4. The number of anilines is 1. The van der Waals surface area contributed by atoms with Gasteiger partial charge in [0.2, 0.25) is 0 Å². The molecule has 0 aliphatic heterocycles. The second kappa shape index (κ2) is 8.65. The van der Waals surface area contributed by atoms with Crippen molar-refractivity contribution in [1.29, 1.82) is 5.26 Å². The number of hydrogen-bond donors (Lipinski definition) is 2. The number of halogens is 1. The van der Waals surface area contributed by atoms with Crippen molar-refractivity contribution in [3.8, 4) is 6.07 Å². The van der Waals surface area contributed by atoms with Gasteiger partial charge in [0, 0.05) is 20.5 Å². The molecule has 0 spiro atoms. The van der Waals surface area contributed by atoms with Crippen LogP contribution in [0.15, 0.2) is 74.6 Å². The monoisotopic (exact) mass is 411 g/mol. The van der Waals surface area contributed by atoms with Crippen LogP contribution >= 0.6 is 23.4 Å². The van der Waals surface area contributed by atoms with Crippen molar-refractivity contribution in [2.45, 2.75) is 16.7 Å². The second-order valence-corrected chi connectivity index (χ2v) is 7.25. The predicted molar refractivity (Wildman–Crippen MR) is 107 cm³/mol. The fourth-order valence-corrected chi connectivity index (χ4v) is 3.25. The molecule has 0 atom stereocenters. The average Bonchev–Trinajstić information content (AvgIpc) is 3.11. The molecule has 28 heavy (non-hydrogen) atoms. The number of carbonyl (C=O) groups is 1. The zero-order valence-corrected chi connectivity index (χ0v) is 16.2. The van der Waals surface area contributed by atoms with Gasteiger partial charge in [0.15, 0.2) is 11.3 Å². The van der Waals surface area contributed by atoms with Gasteiger partial charge in [-0.25, -0.2) is 0 Å². The van der Waals surface area contributed by atoms with Gasteiger partial charge in [0.05, 0.1) is 11.8 Å². The Hall–Kier alpha value is -3.21. The quantitative estimate of drug-likeness (QED) is 0.339. The molecule has 8 heteroatoms. The number of carbonyl (C=O) groups excluding carboxylic acids is 1. The van der Waals surface area contributed by atoms with Crippen molar-refractivity contribution >= 4 is 40.7 Å². The molecule has 2 N–H and O–H groups in total.